The summed E-state index contributed by atoms with van der Waals surface area (Å²) >= 11 is 1.62. The number of nitrogen functional groups attached to an aromatic ring is 1. The molecule has 0 saturated carbocycles. The van der Waals surface area contributed by atoms with Crippen molar-refractivity contribution in [1.29, 1.82) is 0 Å². The van der Waals surface area contributed by atoms with Crippen molar-refractivity contribution in [2.75, 3.05) is 25.4 Å². The molecular formula is C12H15N5OS. The van der Waals surface area contributed by atoms with Gasteiger partial charge in [-0.1, -0.05) is 0 Å². The van der Waals surface area contributed by atoms with Gasteiger partial charge in [-0.25, -0.2) is 9.97 Å². The lowest BCUT2D eigenvalue weighted by Gasteiger charge is -2.32. The summed E-state index contributed by atoms with van der Waals surface area (Å²) < 4.78 is 5.75. The highest BCUT2D eigenvalue weighted by Gasteiger charge is 2.25. The van der Waals surface area contributed by atoms with Crippen LogP contribution in [0.15, 0.2) is 23.3 Å². The Balaban J connectivity index is 1.70. The summed E-state index contributed by atoms with van der Waals surface area (Å²) in [7, 11) is 0. The minimum atomic E-state index is -0.110. The van der Waals surface area contributed by atoms with E-state index in [-0.39, 0.29) is 6.10 Å². The summed E-state index contributed by atoms with van der Waals surface area (Å²) in [5.41, 5.74) is 9.53. The van der Waals surface area contributed by atoms with Gasteiger partial charge in [0.05, 0.1) is 17.8 Å². The molecule has 0 bridgehead atoms. The van der Waals surface area contributed by atoms with Crippen LogP contribution in [0.2, 0.25) is 0 Å². The molecule has 1 saturated heterocycles. The monoisotopic (exact) mass is 277 g/mol. The van der Waals surface area contributed by atoms with Gasteiger partial charge in [0, 0.05) is 37.4 Å². The number of rotatable bonds is 3. The van der Waals surface area contributed by atoms with Gasteiger partial charge in [-0.05, 0) is 0 Å². The van der Waals surface area contributed by atoms with Crippen molar-refractivity contribution in [3.05, 3.63) is 34.7 Å². The summed E-state index contributed by atoms with van der Waals surface area (Å²) in [6.07, 6.45) is 3.13. The highest BCUT2D eigenvalue weighted by Crippen LogP contribution is 2.24. The van der Waals surface area contributed by atoms with Crippen LogP contribution >= 0.6 is 11.3 Å². The Labute approximate surface area is 115 Å². The number of nitrogens with two attached hydrogens (primary N) is 1. The molecule has 1 fully saturated rings. The van der Waals surface area contributed by atoms with Crippen LogP contribution in [0.5, 0.6) is 0 Å². The van der Waals surface area contributed by atoms with E-state index < -0.39 is 0 Å². The third-order valence-electron chi connectivity index (χ3n) is 3.08. The minimum absolute atomic E-state index is 0.110. The van der Waals surface area contributed by atoms with E-state index in [2.05, 4.69) is 25.2 Å². The number of hydrogen-bond donors (Lipinski definition) is 1. The first-order valence-corrected chi connectivity index (χ1v) is 7.04. The van der Waals surface area contributed by atoms with Crippen molar-refractivity contribution < 1.29 is 4.74 Å². The molecule has 19 heavy (non-hydrogen) atoms. The second-order valence-corrected chi connectivity index (χ2v) is 5.12. The zero-order chi connectivity index (χ0) is 13.1. The average molecular weight is 277 g/mol. The van der Waals surface area contributed by atoms with Crippen LogP contribution < -0.4 is 5.73 Å². The molecule has 7 heteroatoms. The van der Waals surface area contributed by atoms with E-state index in [0.717, 1.165) is 31.0 Å². The average Bonchev–Trinajstić information content (AvgIpc) is 2.92. The summed E-state index contributed by atoms with van der Waals surface area (Å²) in [5.74, 6) is 0.447. The fourth-order valence-electron chi connectivity index (χ4n) is 2.16. The van der Waals surface area contributed by atoms with Crippen molar-refractivity contribution in [3.8, 4) is 0 Å². The summed E-state index contributed by atoms with van der Waals surface area (Å²) in [5, 5.41) is 2.07. The lowest BCUT2D eigenvalue weighted by molar-refractivity contribution is -0.0350. The summed E-state index contributed by atoms with van der Waals surface area (Å²) in [6.45, 7) is 3.17. The van der Waals surface area contributed by atoms with Crippen molar-refractivity contribution in [2.24, 2.45) is 0 Å². The Bertz CT molecular complexity index is 533. The normalized spacial score (nSPS) is 20.5. The molecule has 100 valence electrons. The van der Waals surface area contributed by atoms with Gasteiger partial charge in [0.1, 0.15) is 17.6 Å². The molecule has 0 radical (unpaired) electrons. The van der Waals surface area contributed by atoms with E-state index >= 15 is 0 Å². The number of thiazole rings is 1. The maximum absolute atomic E-state index is 5.85. The quantitative estimate of drug-likeness (QED) is 0.905. The van der Waals surface area contributed by atoms with Gasteiger partial charge < -0.3 is 10.5 Å². The molecule has 0 spiro atoms. The topological polar surface area (TPSA) is 77.2 Å². The van der Waals surface area contributed by atoms with E-state index in [4.69, 9.17) is 10.5 Å². The van der Waals surface area contributed by atoms with E-state index in [1.807, 2.05) is 5.51 Å². The van der Waals surface area contributed by atoms with Crippen molar-refractivity contribution in [1.82, 2.24) is 19.9 Å². The highest BCUT2D eigenvalue weighted by atomic mass is 32.1. The SMILES string of the molecule is Nc1nccnc1[C@H]1CN(Cc2cscn2)CCO1. The van der Waals surface area contributed by atoms with Crippen LogP contribution in [-0.4, -0.2) is 39.5 Å². The molecule has 0 amide bonds. The lowest BCUT2D eigenvalue weighted by atomic mass is 10.2. The molecule has 2 N–H and O–H groups in total. The van der Waals surface area contributed by atoms with E-state index in [1.165, 1.54) is 0 Å². The van der Waals surface area contributed by atoms with Crippen molar-refractivity contribution in [2.45, 2.75) is 12.6 Å². The molecule has 0 aromatic carbocycles. The highest BCUT2D eigenvalue weighted by molar-refractivity contribution is 7.07. The van der Waals surface area contributed by atoms with Crippen LogP contribution in [0.3, 0.4) is 0 Å². The second-order valence-electron chi connectivity index (χ2n) is 4.40. The Kier molecular flexibility index (Phi) is 3.67. The lowest BCUT2D eigenvalue weighted by Crippen LogP contribution is -2.38. The van der Waals surface area contributed by atoms with Crippen LogP contribution in [0.4, 0.5) is 5.82 Å². The van der Waals surface area contributed by atoms with Gasteiger partial charge in [-0.2, -0.15) is 0 Å². The smallest absolute Gasteiger partial charge is 0.147 e. The second kappa shape index (κ2) is 5.60. The third kappa shape index (κ3) is 2.89. The van der Waals surface area contributed by atoms with Crippen molar-refractivity contribution in [3.63, 3.8) is 0 Å². The van der Waals surface area contributed by atoms with E-state index in [1.54, 1.807) is 23.7 Å². The molecule has 3 heterocycles. The van der Waals surface area contributed by atoms with Crippen LogP contribution in [0, 0.1) is 0 Å². The standard InChI is InChI=1S/C12H15N5OS/c13-12-11(14-1-2-15-12)10-6-17(3-4-18-10)5-9-7-19-8-16-9/h1-2,7-8,10H,3-6H2,(H2,13,15)/t10-/m1/s1. The van der Waals surface area contributed by atoms with Gasteiger partial charge in [0.15, 0.2) is 0 Å². The molecule has 2 aromatic rings. The van der Waals surface area contributed by atoms with Gasteiger partial charge in [0.25, 0.3) is 0 Å². The maximum Gasteiger partial charge on any atom is 0.147 e. The Hall–Kier alpha value is -1.57. The zero-order valence-corrected chi connectivity index (χ0v) is 11.2. The van der Waals surface area contributed by atoms with Crippen LogP contribution in [-0.2, 0) is 11.3 Å². The van der Waals surface area contributed by atoms with Crippen molar-refractivity contribution >= 4 is 17.2 Å². The minimum Gasteiger partial charge on any atom is -0.382 e. The molecule has 1 aliphatic heterocycles. The predicted molar refractivity (Wildman–Crippen MR) is 72.5 cm³/mol. The molecule has 1 aliphatic rings. The number of morpholine rings is 1. The Morgan fingerprint density at radius 2 is 2.26 bits per heavy atom. The molecule has 0 unspecified atom stereocenters. The van der Waals surface area contributed by atoms with E-state index in [0.29, 0.717) is 12.4 Å². The largest absolute Gasteiger partial charge is 0.382 e. The third-order valence-corrected chi connectivity index (χ3v) is 3.72. The van der Waals surface area contributed by atoms with Gasteiger partial charge in [-0.3, -0.25) is 9.88 Å². The van der Waals surface area contributed by atoms with Crippen LogP contribution in [0.1, 0.15) is 17.5 Å². The molecular weight excluding hydrogens is 262 g/mol. The Morgan fingerprint density at radius 3 is 3.05 bits per heavy atom. The number of anilines is 1. The fourth-order valence-corrected chi connectivity index (χ4v) is 2.71. The first kappa shape index (κ1) is 12.5. The zero-order valence-electron chi connectivity index (χ0n) is 10.4. The number of aromatic nitrogens is 3. The number of nitrogens with zero attached hydrogens (tertiary/aromatic N) is 4. The summed E-state index contributed by atoms with van der Waals surface area (Å²) in [6, 6.07) is 0. The molecule has 6 nitrogen and oxygen atoms in total. The summed E-state index contributed by atoms with van der Waals surface area (Å²) in [4.78, 5) is 15.0. The first-order chi connectivity index (χ1) is 9.33. The molecule has 3 rings (SSSR count). The molecule has 0 aliphatic carbocycles. The Morgan fingerprint density at radius 1 is 1.37 bits per heavy atom. The van der Waals surface area contributed by atoms with E-state index in [9.17, 15) is 0 Å². The number of hydrogen-bond acceptors (Lipinski definition) is 7. The first-order valence-electron chi connectivity index (χ1n) is 6.10. The van der Waals surface area contributed by atoms with Gasteiger partial charge in [0.2, 0.25) is 0 Å². The predicted octanol–water partition coefficient (Wildman–Crippen LogP) is 1.09. The van der Waals surface area contributed by atoms with Crippen LogP contribution in [0.25, 0.3) is 0 Å². The molecule has 2 aromatic heterocycles. The fraction of sp³-hybridized carbons (Fsp3) is 0.417. The van der Waals surface area contributed by atoms with Gasteiger partial charge >= 0.3 is 0 Å². The molecule has 1 atom stereocenters. The number of ether oxygens (including phenoxy) is 1. The van der Waals surface area contributed by atoms with Gasteiger partial charge in [-0.15, -0.1) is 11.3 Å². The maximum atomic E-state index is 5.85.